The van der Waals surface area contributed by atoms with Gasteiger partial charge in [0.2, 0.25) is 5.91 Å². The van der Waals surface area contributed by atoms with Crippen molar-refractivity contribution in [1.29, 1.82) is 0 Å². The van der Waals surface area contributed by atoms with Crippen LogP contribution in [0.5, 0.6) is 0 Å². The van der Waals surface area contributed by atoms with Crippen LogP contribution in [0.2, 0.25) is 30.1 Å². The van der Waals surface area contributed by atoms with E-state index in [4.69, 9.17) is 88.9 Å². The highest BCUT2D eigenvalue weighted by atomic mass is 35.5. The van der Waals surface area contributed by atoms with E-state index in [1.807, 2.05) is 18.2 Å². The summed E-state index contributed by atoms with van der Waals surface area (Å²) in [5.74, 6) is -18.5. The minimum absolute atomic E-state index is 0.00802. The predicted octanol–water partition coefficient (Wildman–Crippen LogP) is 16.0. The van der Waals surface area contributed by atoms with Gasteiger partial charge >= 0.3 is 54.1 Å². The number of ketones is 1. The predicted molar refractivity (Wildman–Crippen MR) is 469 cm³/mol. The molecule has 9 atom stereocenters. The van der Waals surface area contributed by atoms with Gasteiger partial charge in [-0.1, -0.05) is 87.8 Å². The van der Waals surface area contributed by atoms with E-state index < -0.39 is 214 Å². The van der Waals surface area contributed by atoms with E-state index in [-0.39, 0.29) is 57.3 Å². The first-order chi connectivity index (χ1) is 61.5. The van der Waals surface area contributed by atoms with Crippen LogP contribution >= 0.6 is 69.6 Å². The Morgan fingerprint density at radius 2 is 0.835 bits per heavy atom. The molecule has 29 nitrogen and oxygen atoms in total. The van der Waals surface area contributed by atoms with Crippen LogP contribution in [0.15, 0.2) is 78.9 Å². The topological polar surface area (TPSA) is 337 Å². The molecule has 4 amide bonds. The van der Waals surface area contributed by atoms with Gasteiger partial charge in [-0.2, -0.15) is 0 Å². The molecule has 740 valence electrons. The van der Waals surface area contributed by atoms with Gasteiger partial charge in [-0.3, -0.25) is 58.7 Å². The molecular weight excluding hydrogens is 1910 g/mol. The maximum absolute atomic E-state index is 14.5. The number of nitrogens with zero attached hydrogens (tertiary/aromatic N) is 7. The number of para-hydroxylation sites is 1. The third-order valence-electron chi connectivity index (χ3n) is 21.6. The summed E-state index contributed by atoms with van der Waals surface area (Å²) in [7, 11) is 5.93. The maximum atomic E-state index is 14.5. The molecule has 8 heterocycles. The van der Waals surface area contributed by atoms with E-state index in [9.17, 15) is 102 Å². The van der Waals surface area contributed by atoms with Crippen molar-refractivity contribution in [2.75, 3.05) is 92.8 Å². The van der Waals surface area contributed by atoms with E-state index in [2.05, 4.69) is 35.1 Å². The fourth-order valence-electron chi connectivity index (χ4n) is 15.6. The Morgan fingerprint density at radius 3 is 1.26 bits per heavy atom. The molecule has 1 aliphatic carbocycles. The molecule has 133 heavy (non-hydrogen) atoms. The van der Waals surface area contributed by atoms with Gasteiger partial charge in [0.1, 0.15) is 53.1 Å². The molecule has 4 aromatic carbocycles. The average molecular weight is 2020 g/mol. The SMILES string of the molecule is COC(=O)[C@@H]1CC(=O)CN1C(=O)OC(C)(C)C.COC(=O)[C@@H]1CC(F)(F)CN1.COC(=O)[C@@H]1CC(F)(F)CN1C(=O)OC(C)(C)C.COC(=O)[C@@H]1CC(F)(F)CN1Cc1cc(Cl)ccc1Cl.COC(=O)[C@@H]1C[C@@H](O)CN1C(=O)OC(C)(C)C.O=C(O)[C@@H]1CC(F)(F)CN1Cc1cc(Cl)ccc1Cl.O=C([C@@H]1CC(F)(F)CN1Cc1cc(Cl)ccc1Cl)N1CCC(C2CC2)c2ccccc21. The molecule has 45 heteroatoms. The molecule has 9 aliphatic rings. The number of aliphatic hydroxyl groups excluding tert-OH is 1. The number of methoxy groups -OCH3 is 5. The van der Waals surface area contributed by atoms with Crippen molar-refractivity contribution in [2.45, 2.75) is 247 Å². The third kappa shape index (κ3) is 33.4. The smallest absolute Gasteiger partial charge is 0.411 e. The number of hydrogen-bond donors (Lipinski definition) is 3. The Bertz CT molecular complexity index is 4800. The number of ether oxygens (including phenoxy) is 8. The number of rotatable bonds is 14. The van der Waals surface area contributed by atoms with Crippen LogP contribution in [-0.4, -0.2) is 288 Å². The zero-order chi connectivity index (χ0) is 99.9. The fourth-order valence-corrected chi connectivity index (χ4v) is 16.7. The second kappa shape index (κ2) is 46.6. The minimum Gasteiger partial charge on any atom is -0.480 e. The van der Waals surface area contributed by atoms with Crippen molar-refractivity contribution in [3.63, 3.8) is 0 Å². The van der Waals surface area contributed by atoms with Crippen molar-refractivity contribution in [2.24, 2.45) is 5.92 Å². The Kier molecular flexibility index (Phi) is 39.0. The van der Waals surface area contributed by atoms with Gasteiger partial charge in [0, 0.05) is 107 Å². The van der Waals surface area contributed by atoms with E-state index in [1.165, 1.54) is 61.5 Å². The zero-order valence-electron chi connectivity index (χ0n) is 75.5. The van der Waals surface area contributed by atoms with Crippen LogP contribution in [0, 0.1) is 5.92 Å². The number of halogens is 16. The van der Waals surface area contributed by atoms with Crippen molar-refractivity contribution in [3.05, 3.63) is 131 Å². The fraction of sp³-hybridized carbons (Fsp3) is 0.602. The van der Waals surface area contributed by atoms with E-state index >= 15 is 0 Å². The summed E-state index contributed by atoms with van der Waals surface area (Å²) in [5, 5.41) is 23.5. The number of likely N-dealkylation sites (tertiary alicyclic amines) is 6. The number of fused-ring (bicyclic) bond motifs is 1. The van der Waals surface area contributed by atoms with Crippen molar-refractivity contribution >= 4 is 141 Å². The van der Waals surface area contributed by atoms with E-state index in [0.29, 0.717) is 65.2 Å². The highest BCUT2D eigenvalue weighted by Crippen LogP contribution is 2.50. The molecule has 0 aromatic heterocycles. The van der Waals surface area contributed by atoms with Crippen LogP contribution in [-0.2, 0) is 95.9 Å². The lowest BCUT2D eigenvalue weighted by Crippen LogP contribution is -2.47. The van der Waals surface area contributed by atoms with Gasteiger partial charge in [-0.25, -0.2) is 72.7 Å². The number of carbonyl (C=O) groups is 11. The number of benzene rings is 4. The largest absolute Gasteiger partial charge is 0.480 e. The van der Waals surface area contributed by atoms with Gasteiger partial charge in [-0.05, 0) is 176 Å². The maximum Gasteiger partial charge on any atom is 0.411 e. The number of alkyl halides is 10. The van der Waals surface area contributed by atoms with Crippen LogP contribution in [0.1, 0.15) is 155 Å². The standard InChI is InChI=1S/C24H24Cl2F2N2O.C13H13Cl2F2NO2.C12H11Cl2F2NO2.C11H17F2NO4.C11H19NO5.C11H17NO5.C6H9F2NO2/c25-17-7-8-20(26)16(11-17)13-29-14-24(27,28)12-22(29)23(31)30-10-9-18(15-5-6-15)19-3-1-2-4-21(19)30;1-20-12(19)11-5-13(16,17)7-18(11)6-8-4-9(14)2-3-10(8)15;13-8-1-2-9(14)7(3-8)5-17-6-12(15,16)4-10(17)11(18)19;1-10(2,3)18-9(16)14-6-11(12,13)5-7(14)8(15)17-4;2*1-11(2,3)17-10(15)12-6-7(13)5-8(12)9(14)16-4;1-11-5(10)4-2-6(7,8)3-9-4/h1-4,7-8,11,15,18,22H,5-6,9-10,12-14H2;2-4,11H,5-7H2,1H3;1-3,10H,4-6H2,(H,18,19);7H,5-6H2,1-4H3;7-8,13H,5-6H2,1-4H3;8H,5-6H2,1-4H3;4,9H,2-3H2,1H3/t18?,22-;11-;10-;7-;7-,8+;8-;4-/m0000100/s1. The van der Waals surface area contributed by atoms with Crippen LogP contribution in [0.25, 0.3) is 0 Å². The normalized spacial score (nSPS) is 23.7. The van der Waals surface area contributed by atoms with Crippen molar-refractivity contribution < 1.29 is 145 Å². The number of carboxylic acids is 1. The molecule has 0 spiro atoms. The monoisotopic (exact) mass is 2010 g/mol. The number of Topliss-reactive ketones (excluding diaryl/α,β-unsaturated/α-hetero) is 1. The average Bonchev–Trinajstić information content (AvgIpc) is 1.64. The Hall–Kier alpha value is -8.51. The van der Waals surface area contributed by atoms with Gasteiger partial charge in [0.05, 0.1) is 93.5 Å². The molecule has 8 aliphatic heterocycles. The van der Waals surface area contributed by atoms with Crippen LogP contribution in [0.3, 0.4) is 0 Å². The zero-order valence-corrected chi connectivity index (χ0v) is 80.0. The first-order valence-electron chi connectivity index (χ1n) is 41.9. The van der Waals surface area contributed by atoms with Crippen LogP contribution in [0.4, 0.5) is 64.0 Å². The van der Waals surface area contributed by atoms with Gasteiger partial charge in [0.25, 0.3) is 29.6 Å². The lowest BCUT2D eigenvalue weighted by Gasteiger charge is -2.37. The Morgan fingerprint density at radius 1 is 0.451 bits per heavy atom. The van der Waals surface area contributed by atoms with Crippen LogP contribution < -0.4 is 10.2 Å². The summed E-state index contributed by atoms with van der Waals surface area (Å²) in [6, 6.07) is 15.7. The highest BCUT2D eigenvalue weighted by Gasteiger charge is 2.55. The molecule has 1 saturated carbocycles. The molecule has 3 N–H and O–H groups in total. The number of nitrogens with one attached hydrogen (secondary N) is 1. The molecule has 7 saturated heterocycles. The van der Waals surface area contributed by atoms with Crippen molar-refractivity contribution in [3.8, 4) is 0 Å². The first-order valence-corrected chi connectivity index (χ1v) is 44.2. The summed E-state index contributed by atoms with van der Waals surface area (Å²) >= 11 is 36.0. The molecule has 8 fully saturated rings. The lowest BCUT2D eigenvalue weighted by atomic mass is 9.86. The summed E-state index contributed by atoms with van der Waals surface area (Å²) in [5.41, 5.74) is 1.75. The molecule has 13 rings (SSSR count). The number of aliphatic carboxylic acids is 1. The molecule has 0 radical (unpaired) electrons. The summed E-state index contributed by atoms with van der Waals surface area (Å²) < 4.78 is 172. The van der Waals surface area contributed by atoms with E-state index in [1.54, 1.807) is 127 Å². The van der Waals surface area contributed by atoms with Gasteiger partial charge in [-0.15, -0.1) is 0 Å². The van der Waals surface area contributed by atoms with Gasteiger partial charge in [0.15, 0.2) is 5.78 Å². The molecule has 4 aromatic rings. The molecule has 0 bridgehead atoms. The Balaban J connectivity index is 0.000000216. The first kappa shape index (κ1) is 111. The molecule has 1 unspecified atom stereocenters. The quantitative estimate of drug-likeness (QED) is 0.0600. The van der Waals surface area contributed by atoms with Gasteiger partial charge < -0.3 is 53.0 Å². The second-order valence-corrected chi connectivity index (χ2v) is 38.5. The number of amides is 4. The number of anilines is 1. The lowest BCUT2D eigenvalue weighted by molar-refractivity contribution is -0.146. The number of carbonyl (C=O) groups excluding carboxylic acids is 10. The highest BCUT2D eigenvalue weighted by molar-refractivity contribution is 6.34. The number of β-amino-alcohol motifs (C(OH)–C–C–N with tert-alkyl or cyclic N) is 1. The summed E-state index contributed by atoms with van der Waals surface area (Å²) in [6.45, 7) is 13.3. The Labute approximate surface area is 793 Å². The number of esters is 5. The molecular formula is C88H110Cl6F10N8O21. The third-order valence-corrected chi connectivity index (χ3v) is 23.4. The summed E-state index contributed by atoms with van der Waals surface area (Å²) in [6.07, 6.45) is -2.29. The number of carboxylic acid groups (broad SMARTS) is 1. The number of aliphatic hydroxyl groups is 1. The number of hydrogen-bond acceptors (Lipinski definition) is 24. The summed E-state index contributed by atoms with van der Waals surface area (Å²) in [4.78, 5) is 137. The van der Waals surface area contributed by atoms with E-state index in [0.717, 1.165) is 29.0 Å². The minimum atomic E-state index is -3.10. The second-order valence-electron chi connectivity index (χ2n) is 36.0. The van der Waals surface area contributed by atoms with Crippen molar-refractivity contribution in [1.82, 2.24) is 34.7 Å².